The molecule has 0 aromatic carbocycles. The van der Waals surface area contributed by atoms with E-state index >= 15 is 0 Å². The van der Waals surface area contributed by atoms with E-state index in [2.05, 4.69) is 25.7 Å². The Kier molecular flexibility index (Phi) is 3.25. The summed E-state index contributed by atoms with van der Waals surface area (Å²) in [5, 5.41) is 3.09. The summed E-state index contributed by atoms with van der Waals surface area (Å²) in [5.41, 5.74) is 2.20. The topological polar surface area (TPSA) is 98.0 Å². The number of hydrazine groups is 1. The highest BCUT2D eigenvalue weighted by molar-refractivity contribution is 5.36. The molecule has 0 aliphatic carbocycles. The lowest BCUT2D eigenvalue weighted by molar-refractivity contribution is 0.379. The fourth-order valence-corrected chi connectivity index (χ4v) is 0.904. The Morgan fingerprint density at radius 2 is 1.73 bits per heavy atom. The third-order valence-corrected chi connectivity index (χ3v) is 1.41. The second-order valence-electron chi connectivity index (χ2n) is 3.99. The lowest BCUT2D eigenvalue weighted by Gasteiger charge is -2.20. The Labute approximate surface area is 88.4 Å². The number of nitrogens with zero attached hydrogens (tertiary/aromatic N) is 3. The van der Waals surface area contributed by atoms with Gasteiger partial charge in [0.2, 0.25) is 11.9 Å². The van der Waals surface area contributed by atoms with E-state index in [9.17, 15) is 0 Å². The molecule has 4 N–H and O–H groups in total. The number of nitrogens with one attached hydrogen (secondary N) is 2. The number of hydrogen-bond acceptors (Lipinski definition) is 7. The first-order valence-electron chi connectivity index (χ1n) is 4.49. The van der Waals surface area contributed by atoms with E-state index in [1.54, 1.807) is 0 Å². The van der Waals surface area contributed by atoms with E-state index in [0.717, 1.165) is 0 Å². The van der Waals surface area contributed by atoms with Crippen molar-refractivity contribution in [1.29, 1.82) is 0 Å². The Hall–Kier alpha value is -1.63. The third kappa shape index (κ3) is 3.55. The van der Waals surface area contributed by atoms with Gasteiger partial charge in [0.15, 0.2) is 0 Å². The van der Waals surface area contributed by atoms with Crippen LogP contribution in [0.15, 0.2) is 0 Å². The summed E-state index contributed by atoms with van der Waals surface area (Å²) < 4.78 is 4.91. The van der Waals surface area contributed by atoms with E-state index in [1.807, 2.05) is 20.8 Å². The first-order chi connectivity index (χ1) is 6.94. The second-order valence-corrected chi connectivity index (χ2v) is 3.99. The molecule has 0 radical (unpaired) electrons. The van der Waals surface area contributed by atoms with Crippen molar-refractivity contribution in [3.05, 3.63) is 0 Å². The second kappa shape index (κ2) is 4.26. The van der Waals surface area contributed by atoms with Crippen LogP contribution in [0.2, 0.25) is 0 Å². The van der Waals surface area contributed by atoms with Crippen LogP contribution in [0, 0.1) is 0 Å². The molecule has 0 aliphatic heterocycles. The number of hydrogen-bond donors (Lipinski definition) is 3. The molecule has 0 bridgehead atoms. The lowest BCUT2D eigenvalue weighted by Crippen LogP contribution is -2.28. The molecule has 1 aromatic heterocycles. The molecule has 0 saturated heterocycles. The Morgan fingerprint density at radius 3 is 2.20 bits per heavy atom. The number of anilines is 2. The predicted octanol–water partition coefficient (Wildman–Crippen LogP) is 0.376. The SMILES string of the molecule is COc1nc(NN)nc(NC(C)(C)C)n1. The zero-order chi connectivity index (χ0) is 11.5. The molecule has 1 rings (SSSR count). The van der Waals surface area contributed by atoms with Crippen LogP contribution in [0.3, 0.4) is 0 Å². The summed E-state index contributed by atoms with van der Waals surface area (Å²) in [6, 6.07) is 0.213. The van der Waals surface area contributed by atoms with Crippen LogP contribution in [0.4, 0.5) is 11.9 Å². The van der Waals surface area contributed by atoms with Crippen molar-refractivity contribution in [2.45, 2.75) is 26.3 Å². The molecule has 15 heavy (non-hydrogen) atoms. The van der Waals surface area contributed by atoms with Crippen molar-refractivity contribution in [3.63, 3.8) is 0 Å². The molecular weight excluding hydrogens is 196 g/mol. The van der Waals surface area contributed by atoms with E-state index in [0.29, 0.717) is 5.95 Å². The maximum atomic E-state index is 5.22. The highest BCUT2D eigenvalue weighted by Crippen LogP contribution is 2.14. The molecule has 1 heterocycles. The van der Waals surface area contributed by atoms with E-state index in [-0.39, 0.29) is 17.5 Å². The average Bonchev–Trinajstić information content (AvgIpc) is 2.14. The Bertz CT molecular complexity index is 312. The van der Waals surface area contributed by atoms with Crippen LogP contribution in [0.1, 0.15) is 20.8 Å². The zero-order valence-electron chi connectivity index (χ0n) is 9.33. The number of nitrogens with two attached hydrogens (primary N) is 1. The monoisotopic (exact) mass is 212 g/mol. The van der Waals surface area contributed by atoms with Crippen LogP contribution in [-0.2, 0) is 0 Å². The zero-order valence-corrected chi connectivity index (χ0v) is 9.33. The molecule has 0 fully saturated rings. The van der Waals surface area contributed by atoms with Gasteiger partial charge in [0, 0.05) is 5.54 Å². The van der Waals surface area contributed by atoms with Gasteiger partial charge in [-0.2, -0.15) is 15.0 Å². The molecular formula is C8H16N6O. The molecule has 0 aliphatic rings. The van der Waals surface area contributed by atoms with Gasteiger partial charge in [-0.15, -0.1) is 0 Å². The summed E-state index contributed by atoms with van der Waals surface area (Å²) in [6.45, 7) is 6.00. The van der Waals surface area contributed by atoms with Crippen LogP contribution in [0.25, 0.3) is 0 Å². The number of nitrogen functional groups attached to an aromatic ring is 1. The maximum Gasteiger partial charge on any atom is 0.322 e. The Morgan fingerprint density at radius 1 is 1.13 bits per heavy atom. The summed E-state index contributed by atoms with van der Waals surface area (Å²) >= 11 is 0. The number of methoxy groups -OCH3 is 1. The predicted molar refractivity (Wildman–Crippen MR) is 57.6 cm³/mol. The standard InChI is InChI=1S/C8H16N6O/c1-8(2,3)13-5-10-6(14-9)12-7(11-5)15-4/h9H2,1-4H3,(H2,10,11,12,13,14). The molecule has 1 aromatic rings. The first kappa shape index (κ1) is 11.4. The molecule has 0 unspecified atom stereocenters. The van der Waals surface area contributed by atoms with Gasteiger partial charge >= 0.3 is 6.01 Å². The largest absolute Gasteiger partial charge is 0.467 e. The van der Waals surface area contributed by atoms with Gasteiger partial charge in [-0.25, -0.2) is 5.84 Å². The smallest absolute Gasteiger partial charge is 0.322 e. The highest BCUT2D eigenvalue weighted by atomic mass is 16.5. The molecule has 0 atom stereocenters. The maximum absolute atomic E-state index is 5.22. The normalized spacial score (nSPS) is 11.0. The first-order valence-corrected chi connectivity index (χ1v) is 4.49. The fourth-order valence-electron chi connectivity index (χ4n) is 0.904. The van der Waals surface area contributed by atoms with Crippen LogP contribution >= 0.6 is 0 Å². The minimum absolute atomic E-state index is 0.141. The minimum Gasteiger partial charge on any atom is -0.467 e. The van der Waals surface area contributed by atoms with Gasteiger partial charge in [-0.1, -0.05) is 0 Å². The van der Waals surface area contributed by atoms with Gasteiger partial charge in [0.1, 0.15) is 0 Å². The van der Waals surface area contributed by atoms with Crippen molar-refractivity contribution >= 4 is 11.9 Å². The van der Waals surface area contributed by atoms with Crippen molar-refractivity contribution < 1.29 is 4.74 Å². The van der Waals surface area contributed by atoms with Crippen LogP contribution in [-0.4, -0.2) is 27.6 Å². The molecule has 7 nitrogen and oxygen atoms in total. The number of rotatable bonds is 3. The van der Waals surface area contributed by atoms with Crippen LogP contribution < -0.4 is 21.3 Å². The minimum atomic E-state index is -0.141. The molecule has 0 saturated carbocycles. The average molecular weight is 212 g/mol. The highest BCUT2D eigenvalue weighted by Gasteiger charge is 2.13. The van der Waals surface area contributed by atoms with E-state index in [4.69, 9.17) is 10.6 Å². The number of aromatic nitrogens is 3. The summed E-state index contributed by atoms with van der Waals surface area (Å²) in [7, 11) is 1.48. The van der Waals surface area contributed by atoms with Gasteiger partial charge < -0.3 is 10.1 Å². The van der Waals surface area contributed by atoms with Gasteiger partial charge in [-0.3, -0.25) is 5.43 Å². The molecule has 84 valence electrons. The van der Waals surface area contributed by atoms with Gasteiger partial charge in [-0.05, 0) is 20.8 Å². The lowest BCUT2D eigenvalue weighted by atomic mass is 10.1. The number of ether oxygens (including phenoxy) is 1. The quantitative estimate of drug-likeness (QED) is 0.492. The molecule has 0 spiro atoms. The van der Waals surface area contributed by atoms with Crippen molar-refractivity contribution in [2.24, 2.45) is 5.84 Å². The third-order valence-electron chi connectivity index (χ3n) is 1.41. The molecule has 0 amide bonds. The summed E-state index contributed by atoms with van der Waals surface area (Å²) in [6.07, 6.45) is 0. The van der Waals surface area contributed by atoms with E-state index in [1.165, 1.54) is 7.11 Å². The van der Waals surface area contributed by atoms with Crippen LogP contribution in [0.5, 0.6) is 6.01 Å². The molecule has 7 heteroatoms. The van der Waals surface area contributed by atoms with Gasteiger partial charge in [0.25, 0.3) is 0 Å². The van der Waals surface area contributed by atoms with E-state index < -0.39 is 0 Å². The Balaban J connectivity index is 2.97. The fraction of sp³-hybridized carbons (Fsp3) is 0.625. The van der Waals surface area contributed by atoms with Gasteiger partial charge in [0.05, 0.1) is 7.11 Å². The van der Waals surface area contributed by atoms with Crippen molar-refractivity contribution in [3.8, 4) is 6.01 Å². The summed E-state index contributed by atoms with van der Waals surface area (Å²) in [4.78, 5) is 11.9. The van der Waals surface area contributed by atoms with Crippen molar-refractivity contribution in [2.75, 3.05) is 17.9 Å². The summed E-state index contributed by atoms with van der Waals surface area (Å²) in [5.74, 6) is 5.90. The van der Waals surface area contributed by atoms with Crippen molar-refractivity contribution in [1.82, 2.24) is 15.0 Å².